The molecule has 3 unspecified atom stereocenters. The van der Waals surface area contributed by atoms with Gasteiger partial charge in [-0.25, -0.2) is 0 Å². The molecule has 2 saturated carbocycles. The molecular weight excluding hydrogens is 793 g/mol. The summed E-state index contributed by atoms with van der Waals surface area (Å²) < 4.78 is 50.3. The molecule has 3 heterocycles. The largest absolute Gasteiger partial charge is 0.462 e. The molecule has 62 heavy (non-hydrogen) atoms. The third kappa shape index (κ3) is 9.93. The van der Waals surface area contributed by atoms with Crippen LogP contribution in [0.25, 0.3) is 0 Å². The predicted molar refractivity (Wildman–Crippen MR) is 233 cm³/mol. The summed E-state index contributed by atoms with van der Waals surface area (Å²) in [7, 11) is 9.08. The second-order valence-electron chi connectivity index (χ2n) is 19.4. The number of nitrogens with one attached hydrogen (secondary N) is 1. The Bertz CT molecular complexity index is 1660. The molecule has 20 atom stereocenters. The summed E-state index contributed by atoms with van der Waals surface area (Å²) >= 11 is 0. The Morgan fingerprint density at radius 2 is 1.58 bits per heavy atom. The molecule has 3 aliphatic carbocycles. The van der Waals surface area contributed by atoms with Crippen molar-refractivity contribution in [3.63, 3.8) is 0 Å². The van der Waals surface area contributed by atoms with E-state index in [1.165, 1.54) is 0 Å². The van der Waals surface area contributed by atoms with E-state index in [9.17, 15) is 9.90 Å². The second kappa shape index (κ2) is 20.9. The number of ketones is 1. The number of allylic oxidation sites excluding steroid dienone is 2. The van der Waals surface area contributed by atoms with Crippen molar-refractivity contribution in [1.29, 1.82) is 0 Å². The third-order valence-corrected chi connectivity index (χ3v) is 15.6. The fourth-order valence-corrected chi connectivity index (χ4v) is 12.4. The zero-order chi connectivity index (χ0) is 44.4. The SMILES string of the molecule is CC[C@H]1CCC[C@H](O[C@H]2CC[C@H](N(C)C)C(C)O2)[C@@H](C)C(=O)C2=C[C@H]3[C@@H]4C[C@H](O[C@@H]5OC(C)[C@H](OC)C(OC)[C@@H]5OC)C[C@H]4[C@@H](O)[C@H](N[C@H](C)c4ccccc4)[C@H]3[C@@H]2CC(=O)O1. The first kappa shape index (κ1) is 47.7. The molecule has 0 aromatic heterocycles. The Kier molecular flexibility index (Phi) is 16.1. The lowest BCUT2D eigenvalue weighted by atomic mass is 9.62. The number of aliphatic hydroxyl groups is 1. The van der Waals surface area contributed by atoms with Crippen LogP contribution in [0, 0.1) is 35.5 Å². The van der Waals surface area contributed by atoms with Gasteiger partial charge in [0.1, 0.15) is 24.4 Å². The van der Waals surface area contributed by atoms with E-state index in [0.717, 1.165) is 24.8 Å². The molecule has 348 valence electrons. The number of esters is 1. The van der Waals surface area contributed by atoms with Gasteiger partial charge < -0.3 is 53.2 Å². The molecule has 0 amide bonds. The minimum absolute atomic E-state index is 0.00219. The average Bonchev–Trinajstić information content (AvgIpc) is 3.85. The number of aliphatic hydroxyl groups excluding tert-OH is 1. The van der Waals surface area contributed by atoms with Crippen molar-refractivity contribution < 1.29 is 52.6 Å². The highest BCUT2D eigenvalue weighted by Crippen LogP contribution is 2.57. The second-order valence-corrected chi connectivity index (χ2v) is 19.4. The van der Waals surface area contributed by atoms with Crippen LogP contribution in [0.15, 0.2) is 42.0 Å². The summed E-state index contributed by atoms with van der Waals surface area (Å²) in [5, 5.41) is 16.5. The van der Waals surface area contributed by atoms with Gasteiger partial charge >= 0.3 is 5.97 Å². The van der Waals surface area contributed by atoms with Gasteiger partial charge in [0.25, 0.3) is 0 Å². The Labute approximate surface area is 370 Å². The number of nitrogens with zero attached hydrogens (tertiary/aromatic N) is 1. The van der Waals surface area contributed by atoms with Gasteiger partial charge in [0.15, 0.2) is 18.4 Å². The smallest absolute Gasteiger partial charge is 0.306 e. The Morgan fingerprint density at radius 3 is 2.24 bits per heavy atom. The zero-order valence-electron chi connectivity index (χ0n) is 38.9. The summed E-state index contributed by atoms with van der Waals surface area (Å²) in [5.74, 6) is -1.72. The van der Waals surface area contributed by atoms with E-state index in [0.29, 0.717) is 43.7 Å². The zero-order valence-corrected chi connectivity index (χ0v) is 38.9. The van der Waals surface area contributed by atoms with Crippen LogP contribution in [0.5, 0.6) is 0 Å². The van der Waals surface area contributed by atoms with Gasteiger partial charge in [0, 0.05) is 51.3 Å². The van der Waals surface area contributed by atoms with Gasteiger partial charge in [0.2, 0.25) is 0 Å². The summed E-state index contributed by atoms with van der Waals surface area (Å²) in [4.78, 5) is 31.5. The normalized spacial score (nSPS) is 43.4. The quantitative estimate of drug-likeness (QED) is 0.237. The highest BCUT2D eigenvalue weighted by atomic mass is 16.7. The summed E-state index contributed by atoms with van der Waals surface area (Å²) in [5.41, 5.74) is 1.75. The van der Waals surface area contributed by atoms with Gasteiger partial charge in [-0.2, -0.15) is 0 Å². The minimum Gasteiger partial charge on any atom is -0.462 e. The molecule has 13 nitrogen and oxygen atoms in total. The van der Waals surface area contributed by atoms with Crippen molar-refractivity contribution in [3.05, 3.63) is 47.5 Å². The van der Waals surface area contributed by atoms with Crippen molar-refractivity contribution in [2.45, 2.75) is 178 Å². The van der Waals surface area contributed by atoms with Gasteiger partial charge in [-0.3, -0.25) is 9.59 Å². The number of carbonyl (C=O) groups excluding carboxylic acids is 2. The molecule has 13 heteroatoms. The first-order valence-corrected chi connectivity index (χ1v) is 23.6. The molecule has 7 rings (SSSR count). The minimum atomic E-state index is -0.774. The summed E-state index contributed by atoms with van der Waals surface area (Å²) in [6.07, 6.45) is 3.67. The van der Waals surface area contributed by atoms with E-state index in [2.05, 4.69) is 63.3 Å². The number of cyclic esters (lactones) is 1. The monoisotopic (exact) mass is 869 g/mol. The van der Waals surface area contributed by atoms with Crippen LogP contribution in [0.2, 0.25) is 0 Å². The molecule has 2 N–H and O–H groups in total. The Hall–Kier alpha value is -2.30. The first-order valence-electron chi connectivity index (χ1n) is 23.6. The maximum absolute atomic E-state index is 15.2. The Balaban J connectivity index is 1.21. The number of hydrogen-bond acceptors (Lipinski definition) is 13. The summed E-state index contributed by atoms with van der Waals surface area (Å²) in [6.45, 7) is 10.2. The number of methoxy groups -OCH3 is 3. The van der Waals surface area contributed by atoms with E-state index < -0.39 is 48.8 Å². The van der Waals surface area contributed by atoms with Crippen LogP contribution in [0.3, 0.4) is 0 Å². The molecule has 6 aliphatic rings. The lowest BCUT2D eigenvalue weighted by Gasteiger charge is -2.48. The number of likely N-dealkylation sites (N-methyl/N-ethyl adjacent to an activating group) is 1. The lowest BCUT2D eigenvalue weighted by molar-refractivity contribution is -0.314. The number of hydrogen-bond donors (Lipinski definition) is 2. The number of carbonyl (C=O) groups is 2. The van der Waals surface area contributed by atoms with Crippen molar-refractivity contribution in [1.82, 2.24) is 10.2 Å². The Morgan fingerprint density at radius 1 is 0.871 bits per heavy atom. The van der Waals surface area contributed by atoms with E-state index in [4.69, 9.17) is 37.9 Å². The molecule has 0 spiro atoms. The fourth-order valence-electron chi connectivity index (χ4n) is 12.4. The van der Waals surface area contributed by atoms with Crippen molar-refractivity contribution in [2.24, 2.45) is 35.5 Å². The fraction of sp³-hybridized carbons (Fsp3) is 0.796. The molecule has 3 aliphatic heterocycles. The van der Waals surface area contributed by atoms with Crippen molar-refractivity contribution in [3.8, 4) is 0 Å². The highest BCUT2D eigenvalue weighted by Gasteiger charge is 2.60. The van der Waals surface area contributed by atoms with Crippen molar-refractivity contribution >= 4 is 11.8 Å². The van der Waals surface area contributed by atoms with E-state index in [-0.39, 0.29) is 84.5 Å². The summed E-state index contributed by atoms with van der Waals surface area (Å²) in [6, 6.07) is 9.99. The molecule has 0 radical (unpaired) electrons. The molecule has 5 fully saturated rings. The number of rotatable bonds is 12. The average molecular weight is 869 g/mol. The molecule has 1 aromatic carbocycles. The number of fused-ring (bicyclic) bond motifs is 5. The van der Waals surface area contributed by atoms with Gasteiger partial charge in [-0.05, 0) is 121 Å². The lowest BCUT2D eigenvalue weighted by Crippen LogP contribution is -2.59. The molecule has 3 saturated heterocycles. The van der Waals surface area contributed by atoms with Crippen LogP contribution < -0.4 is 5.32 Å². The van der Waals surface area contributed by atoms with Crippen LogP contribution >= 0.6 is 0 Å². The topological polar surface area (TPSA) is 143 Å². The van der Waals surface area contributed by atoms with E-state index in [1.54, 1.807) is 21.3 Å². The van der Waals surface area contributed by atoms with Crippen LogP contribution in [0.1, 0.15) is 104 Å². The predicted octanol–water partition coefficient (Wildman–Crippen LogP) is 6.01. The standard InChI is InChI=1S/C49H76N2O11/c1-11-31-18-15-19-39(62-41-21-20-38(51(6)7)28(4)58-41)26(2)44(53)37-24-34-33-22-32(61-49-48(57-10)47(56-9)46(55-8)29(5)59-49)23-36(33)45(54)43(42(34)35(37)25-40(52)60-31)50-27(3)30-16-13-12-14-17-30/h12-14,16-17,24,26-29,31-36,38-39,41-43,45-50,54H,11,15,18-23,25H2,1-10H3/t26-,27-,28?,29?,31+,32+,33+,34+,35-,36-,38+,39+,41+,42-,43-,45-,46+,47?,48+,49+/m1/s1. The maximum Gasteiger partial charge on any atom is 0.306 e. The third-order valence-electron chi connectivity index (χ3n) is 15.6. The maximum atomic E-state index is 15.2. The molecule has 1 aromatic rings. The highest BCUT2D eigenvalue weighted by molar-refractivity contribution is 5.99. The van der Waals surface area contributed by atoms with Gasteiger partial charge in [-0.15, -0.1) is 0 Å². The van der Waals surface area contributed by atoms with E-state index >= 15 is 4.79 Å². The number of ether oxygens (including phenoxy) is 8. The van der Waals surface area contributed by atoms with E-state index in [1.807, 2.05) is 32.0 Å². The van der Waals surface area contributed by atoms with Gasteiger partial charge in [-0.1, -0.05) is 50.3 Å². The number of Topliss-reactive ketones (excluding diaryl/α,β-unsaturated/α-hetero) is 1. The van der Waals surface area contributed by atoms with Crippen LogP contribution in [-0.4, -0.2) is 137 Å². The number of benzene rings is 1. The molecule has 0 bridgehead atoms. The van der Waals surface area contributed by atoms with Crippen LogP contribution in [0.4, 0.5) is 0 Å². The van der Waals surface area contributed by atoms with Gasteiger partial charge in [0.05, 0.1) is 36.9 Å². The van der Waals surface area contributed by atoms with Crippen LogP contribution in [-0.2, 0) is 47.5 Å². The first-order chi connectivity index (χ1) is 29.8. The van der Waals surface area contributed by atoms with Crippen molar-refractivity contribution in [2.75, 3.05) is 35.4 Å². The molecular formula is C49H76N2O11.